The maximum absolute atomic E-state index is 13.2. The van der Waals surface area contributed by atoms with Crippen LogP contribution in [-0.2, 0) is 26.1 Å². The second kappa shape index (κ2) is 11.1. The van der Waals surface area contributed by atoms with Crippen molar-refractivity contribution in [3.8, 4) is 0 Å². The molecule has 0 aliphatic carbocycles. The van der Waals surface area contributed by atoms with Crippen LogP contribution >= 0.6 is 11.6 Å². The molecule has 5 rings (SSSR count). The lowest BCUT2D eigenvalue weighted by atomic mass is 10.00. The van der Waals surface area contributed by atoms with E-state index in [1.165, 1.54) is 11.1 Å². The lowest BCUT2D eigenvalue weighted by Gasteiger charge is -2.28. The largest absolute Gasteiger partial charge is 0.454 e. The van der Waals surface area contributed by atoms with E-state index >= 15 is 0 Å². The molecule has 0 atom stereocenters. The van der Waals surface area contributed by atoms with Crippen molar-refractivity contribution < 1.29 is 14.0 Å². The summed E-state index contributed by atoms with van der Waals surface area (Å²) in [5, 5.41) is 0.453. The topological polar surface area (TPSA) is 58.7 Å². The van der Waals surface area contributed by atoms with Gasteiger partial charge in [0.15, 0.2) is 5.76 Å². The van der Waals surface area contributed by atoms with Gasteiger partial charge in [-0.25, -0.2) is 0 Å². The third-order valence-corrected chi connectivity index (χ3v) is 7.11. The van der Waals surface area contributed by atoms with E-state index in [0.717, 1.165) is 18.5 Å². The maximum atomic E-state index is 13.2. The standard InChI is InChI=1S/C30H30ClN3O3/c1-2-16-33(29(35)26-11-5-6-12-27(26)31)20-24-10-7-17-32(24)21-25-13-14-28(37-25)30(36)34-18-15-22-8-3-4-9-23(22)19-34/h3-14,17H,2,15-16,18-21H2,1H3. The summed E-state index contributed by atoms with van der Waals surface area (Å²) in [6.45, 7) is 4.87. The fraction of sp³-hybridized carbons (Fsp3) is 0.267. The van der Waals surface area contributed by atoms with Crippen LogP contribution < -0.4 is 0 Å². The predicted octanol–water partition coefficient (Wildman–Crippen LogP) is 6.03. The van der Waals surface area contributed by atoms with Crippen LogP contribution in [0.1, 0.15) is 56.8 Å². The smallest absolute Gasteiger partial charge is 0.289 e. The van der Waals surface area contributed by atoms with Gasteiger partial charge in [-0.15, -0.1) is 0 Å². The number of carbonyl (C=O) groups excluding carboxylic acids is 2. The lowest BCUT2D eigenvalue weighted by molar-refractivity contribution is 0.0698. The minimum atomic E-state index is -0.0899. The first-order chi connectivity index (χ1) is 18.0. The van der Waals surface area contributed by atoms with Crippen molar-refractivity contribution in [1.82, 2.24) is 14.4 Å². The number of rotatable bonds is 8. The van der Waals surface area contributed by atoms with Gasteiger partial charge < -0.3 is 18.8 Å². The van der Waals surface area contributed by atoms with Crippen LogP contribution in [0.25, 0.3) is 0 Å². The summed E-state index contributed by atoms with van der Waals surface area (Å²) in [7, 11) is 0. The molecule has 2 amide bonds. The number of carbonyl (C=O) groups is 2. The van der Waals surface area contributed by atoms with Crippen molar-refractivity contribution in [3.63, 3.8) is 0 Å². The summed E-state index contributed by atoms with van der Waals surface area (Å²) in [6, 6.07) is 23.0. The second-order valence-corrected chi connectivity index (χ2v) is 9.75. The van der Waals surface area contributed by atoms with E-state index in [1.54, 1.807) is 18.2 Å². The summed E-state index contributed by atoms with van der Waals surface area (Å²) in [5.41, 5.74) is 3.97. The molecule has 190 valence electrons. The first-order valence-electron chi connectivity index (χ1n) is 12.7. The fourth-order valence-corrected chi connectivity index (χ4v) is 5.06. The number of hydrogen-bond donors (Lipinski definition) is 0. The highest BCUT2D eigenvalue weighted by Crippen LogP contribution is 2.23. The average Bonchev–Trinajstić information content (AvgIpc) is 3.57. The lowest BCUT2D eigenvalue weighted by Crippen LogP contribution is -2.35. The van der Waals surface area contributed by atoms with Crippen LogP contribution in [-0.4, -0.2) is 39.3 Å². The molecule has 0 spiro atoms. The molecule has 1 aliphatic heterocycles. The molecule has 6 nitrogen and oxygen atoms in total. The summed E-state index contributed by atoms with van der Waals surface area (Å²) < 4.78 is 8.04. The highest BCUT2D eigenvalue weighted by Gasteiger charge is 2.24. The van der Waals surface area contributed by atoms with Gasteiger partial charge in [-0.3, -0.25) is 9.59 Å². The Morgan fingerprint density at radius 1 is 0.973 bits per heavy atom. The van der Waals surface area contributed by atoms with Crippen LogP contribution in [0.3, 0.4) is 0 Å². The maximum Gasteiger partial charge on any atom is 0.289 e. The third-order valence-electron chi connectivity index (χ3n) is 6.78. The molecular weight excluding hydrogens is 486 g/mol. The Kier molecular flexibility index (Phi) is 7.47. The van der Waals surface area contributed by atoms with E-state index in [2.05, 4.69) is 12.1 Å². The van der Waals surface area contributed by atoms with Crippen LogP contribution in [0.15, 0.2) is 83.4 Å². The number of aromatic nitrogens is 1. The van der Waals surface area contributed by atoms with Gasteiger partial charge in [0, 0.05) is 31.5 Å². The number of furan rings is 1. The number of halogens is 1. The summed E-state index contributed by atoms with van der Waals surface area (Å²) >= 11 is 6.30. The van der Waals surface area contributed by atoms with Crippen LogP contribution in [0.4, 0.5) is 0 Å². The zero-order valence-corrected chi connectivity index (χ0v) is 21.7. The Balaban J connectivity index is 1.27. The van der Waals surface area contributed by atoms with E-state index < -0.39 is 0 Å². The molecule has 0 saturated carbocycles. The van der Waals surface area contributed by atoms with Gasteiger partial charge in [-0.1, -0.05) is 54.9 Å². The third kappa shape index (κ3) is 5.49. The summed E-state index contributed by atoms with van der Waals surface area (Å²) in [6.07, 6.45) is 3.65. The molecule has 0 fully saturated rings. The Morgan fingerprint density at radius 3 is 2.57 bits per heavy atom. The van der Waals surface area contributed by atoms with E-state index in [4.69, 9.17) is 16.0 Å². The number of amides is 2. The van der Waals surface area contributed by atoms with E-state index in [-0.39, 0.29) is 11.8 Å². The normalized spacial score (nSPS) is 12.9. The Hall–Kier alpha value is -3.77. The zero-order chi connectivity index (χ0) is 25.8. The Labute approximate surface area is 222 Å². The zero-order valence-electron chi connectivity index (χ0n) is 20.9. The number of nitrogens with zero attached hydrogens (tertiary/aromatic N) is 3. The van der Waals surface area contributed by atoms with Gasteiger partial charge in [-0.2, -0.15) is 0 Å². The first-order valence-corrected chi connectivity index (χ1v) is 13.0. The van der Waals surface area contributed by atoms with Gasteiger partial charge >= 0.3 is 0 Å². The quantitative estimate of drug-likeness (QED) is 0.288. The van der Waals surface area contributed by atoms with Crippen molar-refractivity contribution in [1.29, 1.82) is 0 Å². The van der Waals surface area contributed by atoms with Crippen molar-refractivity contribution in [2.45, 2.75) is 39.4 Å². The number of fused-ring (bicyclic) bond motifs is 1. The monoisotopic (exact) mass is 515 g/mol. The molecule has 37 heavy (non-hydrogen) atoms. The average molecular weight is 516 g/mol. The van der Waals surface area contributed by atoms with Gasteiger partial charge in [0.25, 0.3) is 11.8 Å². The minimum absolute atomic E-state index is 0.0887. The minimum Gasteiger partial charge on any atom is -0.454 e. The fourth-order valence-electron chi connectivity index (χ4n) is 4.84. The SMILES string of the molecule is CCCN(Cc1cccn1Cc1ccc(C(=O)N2CCc3ccccc3C2)o1)C(=O)c1ccccc1Cl. The summed E-state index contributed by atoms with van der Waals surface area (Å²) in [4.78, 5) is 30.0. The first kappa shape index (κ1) is 24.9. The van der Waals surface area contributed by atoms with E-state index in [1.807, 2.05) is 70.0 Å². The molecule has 0 radical (unpaired) electrons. The molecule has 7 heteroatoms. The Bertz CT molecular complexity index is 1410. The molecule has 0 N–H and O–H groups in total. The summed E-state index contributed by atoms with van der Waals surface area (Å²) in [5.74, 6) is 0.865. The van der Waals surface area contributed by atoms with Crippen molar-refractivity contribution in [3.05, 3.63) is 118 Å². The molecule has 2 aromatic carbocycles. The van der Waals surface area contributed by atoms with Gasteiger partial charge in [-0.05, 0) is 60.4 Å². The van der Waals surface area contributed by atoms with Crippen molar-refractivity contribution in [2.75, 3.05) is 13.1 Å². The van der Waals surface area contributed by atoms with Crippen molar-refractivity contribution in [2.24, 2.45) is 0 Å². The van der Waals surface area contributed by atoms with Crippen LogP contribution in [0.5, 0.6) is 0 Å². The Morgan fingerprint density at radius 2 is 1.76 bits per heavy atom. The highest BCUT2D eigenvalue weighted by atomic mass is 35.5. The molecule has 0 bridgehead atoms. The van der Waals surface area contributed by atoms with Gasteiger partial charge in [0.05, 0.1) is 23.7 Å². The second-order valence-electron chi connectivity index (χ2n) is 9.35. The number of benzene rings is 2. The molecule has 2 aromatic heterocycles. The molecule has 4 aromatic rings. The predicted molar refractivity (Wildman–Crippen MR) is 144 cm³/mol. The molecule has 3 heterocycles. The molecule has 1 aliphatic rings. The van der Waals surface area contributed by atoms with Crippen LogP contribution in [0.2, 0.25) is 5.02 Å². The van der Waals surface area contributed by atoms with Crippen molar-refractivity contribution >= 4 is 23.4 Å². The van der Waals surface area contributed by atoms with Gasteiger partial charge in [0.2, 0.25) is 0 Å². The van der Waals surface area contributed by atoms with Gasteiger partial charge in [0.1, 0.15) is 5.76 Å². The molecule has 0 saturated heterocycles. The van der Waals surface area contributed by atoms with Crippen LogP contribution in [0, 0.1) is 0 Å². The number of hydrogen-bond acceptors (Lipinski definition) is 3. The van der Waals surface area contributed by atoms with E-state index in [0.29, 0.717) is 54.8 Å². The highest BCUT2D eigenvalue weighted by molar-refractivity contribution is 6.33. The molecule has 0 unspecified atom stereocenters. The molecular formula is C30H30ClN3O3. The van der Waals surface area contributed by atoms with E-state index in [9.17, 15) is 9.59 Å².